The summed E-state index contributed by atoms with van der Waals surface area (Å²) in [6.45, 7) is 2.13. The zero-order valence-corrected chi connectivity index (χ0v) is 9.14. The number of carbonyl (C=O) groups excluding carboxylic acids is 1. The van der Waals surface area contributed by atoms with Crippen molar-refractivity contribution >= 4 is 18.0 Å². The molecule has 0 aliphatic carbocycles. The van der Waals surface area contributed by atoms with E-state index in [1.165, 1.54) is 28.2 Å². The molecule has 2 heteroatoms. The van der Waals surface area contributed by atoms with Crippen molar-refractivity contribution in [2.75, 3.05) is 5.75 Å². The summed E-state index contributed by atoms with van der Waals surface area (Å²) in [7, 11) is 0. The topological polar surface area (TPSA) is 17.1 Å². The molecule has 2 rings (SSSR count). The van der Waals surface area contributed by atoms with Gasteiger partial charge < -0.3 is 4.79 Å². The molecule has 0 aromatic heterocycles. The van der Waals surface area contributed by atoms with Crippen molar-refractivity contribution in [1.29, 1.82) is 0 Å². The smallest absolute Gasteiger partial charge is 0.120 e. The normalized spacial score (nSPS) is 16.4. The predicted octanol–water partition coefficient (Wildman–Crippen LogP) is 3.03. The van der Waals surface area contributed by atoms with Crippen LogP contribution in [0, 0.1) is 0 Å². The average Bonchev–Trinajstić information content (AvgIpc) is 2.65. The molecule has 1 aromatic carbocycles. The summed E-state index contributed by atoms with van der Waals surface area (Å²) in [4.78, 5) is 11.9. The monoisotopic (exact) mass is 206 g/mol. The van der Waals surface area contributed by atoms with E-state index < -0.39 is 0 Å². The minimum atomic E-state index is 0.376. The number of thioether (sulfide) groups is 1. The van der Waals surface area contributed by atoms with Gasteiger partial charge in [0.1, 0.15) is 6.29 Å². The first-order valence-corrected chi connectivity index (χ1v) is 5.99. The molecule has 0 saturated carbocycles. The quantitative estimate of drug-likeness (QED) is 0.707. The second-order valence-corrected chi connectivity index (χ2v) is 4.86. The maximum absolute atomic E-state index is 10.5. The molecular weight excluding hydrogens is 192 g/mol. The van der Waals surface area contributed by atoms with Crippen LogP contribution in [0.15, 0.2) is 23.1 Å². The number of hydrogen-bond donors (Lipinski definition) is 0. The maximum Gasteiger partial charge on any atom is 0.120 e. The molecule has 0 spiro atoms. The van der Waals surface area contributed by atoms with Crippen molar-refractivity contribution < 1.29 is 4.79 Å². The van der Waals surface area contributed by atoms with Crippen molar-refractivity contribution in [3.05, 3.63) is 29.3 Å². The molecule has 1 aromatic rings. The molecule has 0 N–H and O–H groups in total. The Bertz CT molecular complexity index is 346. The molecule has 0 amide bonds. The van der Waals surface area contributed by atoms with Gasteiger partial charge in [-0.15, -0.1) is 11.8 Å². The van der Waals surface area contributed by atoms with E-state index in [9.17, 15) is 4.79 Å². The highest BCUT2D eigenvalue weighted by Crippen LogP contribution is 2.36. The first kappa shape index (κ1) is 9.78. The van der Waals surface area contributed by atoms with Crippen molar-refractivity contribution in [1.82, 2.24) is 0 Å². The van der Waals surface area contributed by atoms with Gasteiger partial charge in [0.05, 0.1) is 0 Å². The highest BCUT2D eigenvalue weighted by Gasteiger charge is 2.17. The van der Waals surface area contributed by atoms with Crippen LogP contribution in [0.25, 0.3) is 0 Å². The molecule has 1 atom stereocenters. The summed E-state index contributed by atoms with van der Waals surface area (Å²) < 4.78 is 0. The van der Waals surface area contributed by atoms with Gasteiger partial charge in [0.2, 0.25) is 0 Å². The second kappa shape index (κ2) is 4.18. The van der Waals surface area contributed by atoms with Gasteiger partial charge >= 0.3 is 0 Å². The van der Waals surface area contributed by atoms with Gasteiger partial charge in [-0.2, -0.15) is 0 Å². The third-order valence-corrected chi connectivity index (χ3v) is 3.86. The lowest BCUT2D eigenvalue weighted by atomic mass is 9.92. The Morgan fingerprint density at radius 2 is 2.43 bits per heavy atom. The van der Waals surface area contributed by atoms with Crippen molar-refractivity contribution in [3.63, 3.8) is 0 Å². The molecule has 14 heavy (non-hydrogen) atoms. The number of benzene rings is 1. The molecule has 74 valence electrons. The van der Waals surface area contributed by atoms with Crippen molar-refractivity contribution in [2.45, 2.75) is 30.6 Å². The lowest BCUT2D eigenvalue weighted by Crippen LogP contribution is -1.99. The molecule has 1 nitrogen and oxygen atoms in total. The van der Waals surface area contributed by atoms with Crippen LogP contribution in [-0.2, 0) is 11.2 Å². The Kier molecular flexibility index (Phi) is 2.92. The first-order chi connectivity index (χ1) is 6.83. The highest BCUT2D eigenvalue weighted by molar-refractivity contribution is 7.99. The fraction of sp³-hybridized carbons (Fsp3) is 0.417. The second-order valence-electron chi connectivity index (χ2n) is 3.73. The van der Waals surface area contributed by atoms with E-state index in [1.807, 2.05) is 11.8 Å². The van der Waals surface area contributed by atoms with Gasteiger partial charge in [-0.3, -0.25) is 0 Å². The molecule has 1 aliphatic heterocycles. The lowest BCUT2D eigenvalue weighted by molar-refractivity contribution is -0.108. The van der Waals surface area contributed by atoms with Gasteiger partial charge in [0, 0.05) is 17.1 Å². The van der Waals surface area contributed by atoms with Crippen molar-refractivity contribution in [3.8, 4) is 0 Å². The molecule has 0 saturated heterocycles. The van der Waals surface area contributed by atoms with Crippen LogP contribution in [0.5, 0.6) is 0 Å². The number of rotatable bonds is 3. The van der Waals surface area contributed by atoms with Crippen LogP contribution in [-0.4, -0.2) is 12.0 Å². The van der Waals surface area contributed by atoms with Gasteiger partial charge in [0.25, 0.3) is 0 Å². The molecular formula is C12H14OS. The van der Waals surface area contributed by atoms with Crippen LogP contribution in [0.4, 0.5) is 0 Å². The number of hydrogen-bond acceptors (Lipinski definition) is 2. The third-order valence-electron chi connectivity index (χ3n) is 2.76. The summed E-state index contributed by atoms with van der Waals surface area (Å²) in [6, 6.07) is 6.46. The Morgan fingerprint density at radius 3 is 3.21 bits per heavy atom. The lowest BCUT2D eigenvalue weighted by Gasteiger charge is -2.12. The molecule has 1 heterocycles. The minimum Gasteiger partial charge on any atom is -0.303 e. The zero-order chi connectivity index (χ0) is 9.97. The number of fused-ring (bicyclic) bond motifs is 1. The maximum atomic E-state index is 10.5. The molecule has 1 aliphatic rings. The Balaban J connectivity index is 2.34. The summed E-state index contributed by atoms with van der Waals surface area (Å²) >= 11 is 1.93. The van der Waals surface area contributed by atoms with Crippen LogP contribution >= 0.6 is 11.8 Å². The van der Waals surface area contributed by atoms with Gasteiger partial charge in [0.15, 0.2) is 0 Å². The van der Waals surface area contributed by atoms with Crippen LogP contribution in [0.3, 0.4) is 0 Å². The van der Waals surface area contributed by atoms with E-state index >= 15 is 0 Å². The standard InChI is InChI=1S/C12H14OS/c1-9(5-7-13)10-3-2-4-12-11(10)6-8-14-12/h2-4,7,9H,5-6,8H2,1H3. The fourth-order valence-electron chi connectivity index (χ4n) is 1.98. The van der Waals surface area contributed by atoms with E-state index in [2.05, 4.69) is 25.1 Å². The third kappa shape index (κ3) is 1.71. The number of aldehydes is 1. The zero-order valence-electron chi connectivity index (χ0n) is 8.32. The van der Waals surface area contributed by atoms with Gasteiger partial charge in [-0.25, -0.2) is 0 Å². The highest BCUT2D eigenvalue weighted by atomic mass is 32.2. The summed E-state index contributed by atoms with van der Waals surface area (Å²) in [6.07, 6.45) is 2.83. The van der Waals surface area contributed by atoms with E-state index in [1.54, 1.807) is 0 Å². The first-order valence-electron chi connectivity index (χ1n) is 5.01. The average molecular weight is 206 g/mol. The largest absolute Gasteiger partial charge is 0.303 e. The van der Waals surface area contributed by atoms with E-state index in [-0.39, 0.29) is 0 Å². The Labute approximate surface area is 88.9 Å². The fourth-order valence-corrected chi connectivity index (χ4v) is 3.08. The molecule has 0 fully saturated rings. The SMILES string of the molecule is CC(CC=O)c1cccc2c1CCS2. The van der Waals surface area contributed by atoms with E-state index in [4.69, 9.17) is 0 Å². The van der Waals surface area contributed by atoms with Gasteiger partial charge in [-0.1, -0.05) is 19.1 Å². The minimum absolute atomic E-state index is 0.376. The van der Waals surface area contributed by atoms with E-state index in [0.29, 0.717) is 12.3 Å². The van der Waals surface area contributed by atoms with Crippen LogP contribution in [0.2, 0.25) is 0 Å². The molecule has 0 bridgehead atoms. The van der Waals surface area contributed by atoms with Crippen molar-refractivity contribution in [2.24, 2.45) is 0 Å². The van der Waals surface area contributed by atoms with Crippen LogP contribution < -0.4 is 0 Å². The summed E-state index contributed by atoms with van der Waals surface area (Å²) in [5.41, 5.74) is 2.85. The number of carbonyl (C=O) groups is 1. The van der Waals surface area contributed by atoms with Gasteiger partial charge in [-0.05, 0) is 29.5 Å². The van der Waals surface area contributed by atoms with Crippen LogP contribution in [0.1, 0.15) is 30.4 Å². The summed E-state index contributed by atoms with van der Waals surface area (Å²) in [5, 5.41) is 0. The summed E-state index contributed by atoms with van der Waals surface area (Å²) in [5.74, 6) is 1.57. The Morgan fingerprint density at radius 1 is 1.57 bits per heavy atom. The predicted molar refractivity (Wildman–Crippen MR) is 60.0 cm³/mol. The molecule has 1 unspecified atom stereocenters. The molecule has 0 radical (unpaired) electrons. The Hall–Kier alpha value is -0.760. The van der Waals surface area contributed by atoms with E-state index in [0.717, 1.165) is 6.29 Å².